The van der Waals surface area contributed by atoms with Crippen molar-refractivity contribution in [3.05, 3.63) is 111 Å². The number of halogens is 2. The normalized spacial score (nSPS) is 11.2. The van der Waals surface area contributed by atoms with E-state index in [4.69, 9.17) is 15.0 Å². The number of nitrogens with zero attached hydrogens (tertiary/aromatic N) is 2. The van der Waals surface area contributed by atoms with Crippen molar-refractivity contribution in [1.82, 2.24) is 14.8 Å². The van der Waals surface area contributed by atoms with E-state index in [0.29, 0.717) is 34.5 Å². The summed E-state index contributed by atoms with van der Waals surface area (Å²) in [5, 5.41) is 7.49. The van der Waals surface area contributed by atoms with Crippen LogP contribution < -0.4 is 16.0 Å². The van der Waals surface area contributed by atoms with E-state index >= 15 is 0 Å². The average molecular weight is 597 g/mol. The Bertz CT molecular complexity index is 1960. The first-order valence-electron chi connectivity index (χ1n) is 12.3. The smallest absolute Gasteiger partial charge is 0.266 e. The molecule has 0 spiro atoms. The van der Waals surface area contributed by atoms with Crippen molar-refractivity contribution in [2.75, 3.05) is 12.0 Å². The van der Waals surface area contributed by atoms with E-state index in [-0.39, 0.29) is 23.5 Å². The molecule has 0 bridgehead atoms. The summed E-state index contributed by atoms with van der Waals surface area (Å²) in [6.45, 7) is 3.41. The van der Waals surface area contributed by atoms with Crippen molar-refractivity contribution >= 4 is 32.5 Å². The maximum Gasteiger partial charge on any atom is 0.266 e. The number of ketones is 1. The van der Waals surface area contributed by atoms with Gasteiger partial charge in [-0.3, -0.25) is 23.8 Å². The molecule has 5 rings (SSSR count). The highest BCUT2D eigenvalue weighted by molar-refractivity contribution is 7.85. The number of H-pyrrole nitrogens is 1. The lowest BCUT2D eigenvalue weighted by atomic mass is 9.99. The Morgan fingerprint density at radius 1 is 1.05 bits per heavy atom. The highest BCUT2D eigenvalue weighted by Gasteiger charge is 2.20. The van der Waals surface area contributed by atoms with Crippen molar-refractivity contribution < 1.29 is 31.3 Å². The molecule has 0 aliphatic rings. The molecular weight excluding hydrogens is 570 g/mol. The molecule has 0 aliphatic carbocycles. The second-order valence-electron chi connectivity index (χ2n) is 9.51. The van der Waals surface area contributed by atoms with Crippen molar-refractivity contribution in [2.45, 2.75) is 20.3 Å². The first kappa shape index (κ1) is 30.1. The highest BCUT2D eigenvalue weighted by atomic mass is 32.2. The summed E-state index contributed by atoms with van der Waals surface area (Å²) >= 11 is 0. The van der Waals surface area contributed by atoms with E-state index in [1.807, 2.05) is 0 Å². The number of Topliss-reactive ketones (excluding diaryl/α,β-unsaturated/α-hetero) is 1. The zero-order chi connectivity index (χ0) is 30.8. The van der Waals surface area contributed by atoms with Crippen LogP contribution in [0.5, 0.6) is 11.5 Å². The third-order valence-corrected chi connectivity index (χ3v) is 6.10. The number of ether oxygens (including phenoxy) is 1. The first-order chi connectivity index (χ1) is 19.7. The fraction of sp³-hybridized carbons (Fsp3) is 0.138. The van der Waals surface area contributed by atoms with E-state index in [9.17, 15) is 26.8 Å². The van der Waals surface area contributed by atoms with Gasteiger partial charge in [0.1, 0.15) is 5.82 Å². The zero-order valence-electron chi connectivity index (χ0n) is 22.7. The molecule has 0 saturated carbocycles. The number of carbonyl (C=O) groups is 1. The number of fused-ring (bicyclic) bond motifs is 1. The Hall–Kier alpha value is -4.88. The van der Waals surface area contributed by atoms with Crippen molar-refractivity contribution in [3.8, 4) is 17.2 Å². The molecule has 0 saturated heterocycles. The van der Waals surface area contributed by atoms with E-state index < -0.39 is 33.1 Å². The van der Waals surface area contributed by atoms with Gasteiger partial charge in [0, 0.05) is 23.2 Å². The van der Waals surface area contributed by atoms with E-state index in [1.165, 1.54) is 41.0 Å². The van der Waals surface area contributed by atoms with Gasteiger partial charge >= 0.3 is 0 Å². The monoisotopic (exact) mass is 596 g/mol. The van der Waals surface area contributed by atoms with Crippen LogP contribution in [-0.2, 0) is 16.5 Å². The van der Waals surface area contributed by atoms with Gasteiger partial charge in [-0.05, 0) is 79.6 Å². The minimum atomic E-state index is -3.67. The second-order valence-corrected chi connectivity index (χ2v) is 11.0. The van der Waals surface area contributed by atoms with E-state index in [2.05, 4.69) is 10.2 Å². The van der Waals surface area contributed by atoms with Crippen molar-refractivity contribution in [3.63, 3.8) is 0 Å². The summed E-state index contributed by atoms with van der Waals surface area (Å²) < 4.78 is 61.2. The summed E-state index contributed by atoms with van der Waals surface area (Å²) in [7, 11) is -3.67. The standard InChI is InChI=1S/C28H22F2N4O3.CH4O3S/c1-15-9-16(2)34(20-6-4-19(29)5-7-20)28(36)27(15)24(35)11-17-3-8-25(21(30)10-17)37-26-12-18-14-32-33-23(18)13-22(26)31;1-5(2,3)4/h3-10,12-14H,11,31H2,1-2H3,(H,32,33);1H3,(H,2,3,4). The summed E-state index contributed by atoms with van der Waals surface area (Å²) in [5.41, 5.74) is 8.46. The maximum atomic E-state index is 14.9. The molecule has 0 atom stereocenters. The zero-order valence-corrected chi connectivity index (χ0v) is 23.5. The highest BCUT2D eigenvalue weighted by Crippen LogP contribution is 2.32. The van der Waals surface area contributed by atoms with Crippen LogP contribution in [0.25, 0.3) is 16.6 Å². The van der Waals surface area contributed by atoms with Crippen LogP contribution in [-0.4, -0.2) is 39.8 Å². The number of aryl methyl sites for hydroxylation is 2. The predicted octanol–water partition coefficient (Wildman–Crippen LogP) is 4.91. The quantitative estimate of drug-likeness (QED) is 0.142. The van der Waals surface area contributed by atoms with Gasteiger partial charge in [-0.15, -0.1) is 0 Å². The lowest BCUT2D eigenvalue weighted by Crippen LogP contribution is -2.29. The fourth-order valence-electron chi connectivity index (χ4n) is 4.35. The largest absolute Gasteiger partial charge is 0.452 e. The number of hydrogen-bond acceptors (Lipinski definition) is 7. The van der Waals surface area contributed by atoms with Gasteiger partial charge in [0.2, 0.25) is 0 Å². The second kappa shape index (κ2) is 11.9. The molecule has 0 amide bonds. The number of carbonyl (C=O) groups excluding carboxylic acids is 1. The molecular formula is C29H26F2N4O6S. The van der Waals surface area contributed by atoms with Crippen LogP contribution in [0.4, 0.5) is 14.5 Å². The third kappa shape index (κ3) is 7.06. The third-order valence-electron chi connectivity index (χ3n) is 6.10. The molecule has 10 nitrogen and oxygen atoms in total. The van der Waals surface area contributed by atoms with Gasteiger partial charge in [-0.2, -0.15) is 13.5 Å². The topological polar surface area (TPSA) is 157 Å². The SMILES string of the molecule is CS(=O)(=O)O.Cc1cc(C)n(-c2ccc(F)cc2)c(=O)c1C(=O)Cc1ccc(Oc2cc3cn[nH]c3cc2N)c(F)c1. The molecule has 4 N–H and O–H groups in total. The Kier molecular flexibility index (Phi) is 8.54. The van der Waals surface area contributed by atoms with Crippen LogP contribution in [0.3, 0.4) is 0 Å². The fourth-order valence-corrected chi connectivity index (χ4v) is 4.35. The van der Waals surface area contributed by atoms with Crippen molar-refractivity contribution in [1.29, 1.82) is 0 Å². The van der Waals surface area contributed by atoms with Crippen LogP contribution in [0.2, 0.25) is 0 Å². The number of hydrogen-bond donors (Lipinski definition) is 3. The van der Waals surface area contributed by atoms with Gasteiger partial charge in [0.25, 0.3) is 15.7 Å². The minimum Gasteiger partial charge on any atom is -0.452 e. The van der Waals surface area contributed by atoms with Gasteiger partial charge < -0.3 is 10.5 Å². The van der Waals surface area contributed by atoms with Gasteiger partial charge in [0.05, 0.1) is 29.2 Å². The molecule has 3 aromatic carbocycles. The first-order valence-corrected chi connectivity index (χ1v) is 14.2. The Balaban J connectivity index is 0.000000748. The molecule has 0 fully saturated rings. The number of aromatic nitrogens is 3. The van der Waals surface area contributed by atoms with E-state index in [0.717, 1.165) is 10.9 Å². The van der Waals surface area contributed by atoms with Crippen LogP contribution in [0.1, 0.15) is 27.2 Å². The van der Waals surface area contributed by atoms with Crippen LogP contribution >= 0.6 is 0 Å². The summed E-state index contributed by atoms with van der Waals surface area (Å²) in [4.78, 5) is 26.5. The summed E-state index contributed by atoms with van der Waals surface area (Å²) in [6.07, 6.45) is 2.12. The van der Waals surface area contributed by atoms with Gasteiger partial charge in [0.15, 0.2) is 23.1 Å². The molecule has 5 aromatic rings. The molecule has 2 heterocycles. The lowest BCUT2D eigenvalue weighted by Gasteiger charge is -2.14. The predicted molar refractivity (Wildman–Crippen MR) is 154 cm³/mol. The molecule has 42 heavy (non-hydrogen) atoms. The molecule has 218 valence electrons. The number of nitrogen functional groups attached to an aromatic ring is 1. The molecule has 13 heteroatoms. The number of benzene rings is 3. The maximum absolute atomic E-state index is 14.9. The number of aromatic amines is 1. The Labute approximate surface area is 239 Å². The molecule has 0 unspecified atom stereocenters. The average Bonchev–Trinajstić information content (AvgIpc) is 3.32. The lowest BCUT2D eigenvalue weighted by molar-refractivity contribution is 0.0990. The van der Waals surface area contributed by atoms with Crippen LogP contribution in [0.15, 0.2) is 71.7 Å². The summed E-state index contributed by atoms with van der Waals surface area (Å²) in [6, 6.07) is 14.6. The molecule has 0 aliphatic heterocycles. The number of anilines is 1. The van der Waals surface area contributed by atoms with E-state index in [1.54, 1.807) is 44.3 Å². The Morgan fingerprint density at radius 3 is 2.36 bits per heavy atom. The van der Waals surface area contributed by atoms with Gasteiger partial charge in [-0.1, -0.05) is 6.07 Å². The number of nitrogens with one attached hydrogen (secondary N) is 1. The Morgan fingerprint density at radius 2 is 1.71 bits per heavy atom. The number of nitrogens with two attached hydrogens (primary N) is 1. The van der Waals surface area contributed by atoms with Crippen molar-refractivity contribution in [2.24, 2.45) is 0 Å². The minimum absolute atomic E-state index is 0.00292. The van der Waals surface area contributed by atoms with Crippen LogP contribution in [0, 0.1) is 25.5 Å². The van der Waals surface area contributed by atoms with Gasteiger partial charge in [-0.25, -0.2) is 8.78 Å². The number of rotatable bonds is 6. The number of pyridine rings is 1. The molecule has 0 radical (unpaired) electrons. The molecule has 2 aromatic heterocycles. The summed E-state index contributed by atoms with van der Waals surface area (Å²) in [5.74, 6) is -1.36.